The lowest BCUT2D eigenvalue weighted by atomic mass is 10.1. The Kier molecular flexibility index (Phi) is 3.28. The Bertz CT molecular complexity index is 506. The zero-order valence-electron chi connectivity index (χ0n) is 10.2. The van der Waals surface area contributed by atoms with Crippen LogP contribution in [0.1, 0.15) is 16.8 Å². The molecule has 0 saturated heterocycles. The first-order valence-corrected chi connectivity index (χ1v) is 5.68. The third-order valence-electron chi connectivity index (χ3n) is 2.95. The third kappa shape index (κ3) is 2.56. The number of pyridine rings is 1. The van der Waals surface area contributed by atoms with Gasteiger partial charge in [0.2, 0.25) is 0 Å². The van der Waals surface area contributed by atoms with Gasteiger partial charge in [0.05, 0.1) is 11.4 Å². The van der Waals surface area contributed by atoms with Gasteiger partial charge >= 0.3 is 0 Å². The van der Waals surface area contributed by atoms with Gasteiger partial charge in [-0.2, -0.15) is 0 Å². The van der Waals surface area contributed by atoms with Crippen LogP contribution in [0.5, 0.6) is 0 Å². The van der Waals surface area contributed by atoms with Crippen LogP contribution in [0.15, 0.2) is 36.5 Å². The van der Waals surface area contributed by atoms with Crippen molar-refractivity contribution < 1.29 is 0 Å². The molecule has 0 radical (unpaired) electrons. The lowest BCUT2D eigenvalue weighted by Crippen LogP contribution is -2.05. The fraction of sp³-hybridized carbons (Fsp3) is 0.214. The summed E-state index contributed by atoms with van der Waals surface area (Å²) in [6, 6.07) is 10.1. The fourth-order valence-electron chi connectivity index (χ4n) is 1.72. The molecular weight excluding hydrogens is 210 g/mol. The molecule has 88 valence electrons. The molecule has 0 spiro atoms. The first kappa shape index (κ1) is 11.5. The van der Waals surface area contributed by atoms with Crippen LogP contribution in [-0.4, -0.2) is 4.98 Å². The monoisotopic (exact) mass is 227 g/mol. The van der Waals surface area contributed by atoms with E-state index in [1.807, 2.05) is 50.4 Å². The van der Waals surface area contributed by atoms with E-state index in [9.17, 15) is 0 Å². The molecule has 0 fully saturated rings. The summed E-state index contributed by atoms with van der Waals surface area (Å²) in [5.41, 5.74) is 11.0. The summed E-state index contributed by atoms with van der Waals surface area (Å²) in [7, 11) is 0. The van der Waals surface area contributed by atoms with E-state index >= 15 is 0 Å². The molecule has 1 aromatic heterocycles. The van der Waals surface area contributed by atoms with Gasteiger partial charge in [0.25, 0.3) is 0 Å². The van der Waals surface area contributed by atoms with Crippen molar-refractivity contribution in [2.75, 3.05) is 11.1 Å². The van der Waals surface area contributed by atoms with Crippen molar-refractivity contribution in [3.8, 4) is 0 Å². The topological polar surface area (TPSA) is 50.9 Å². The first-order valence-electron chi connectivity index (χ1n) is 5.68. The Morgan fingerprint density at radius 1 is 1.18 bits per heavy atom. The summed E-state index contributed by atoms with van der Waals surface area (Å²) in [6.07, 6.45) is 1.89. The highest BCUT2D eigenvalue weighted by molar-refractivity contribution is 5.53. The third-order valence-corrected chi connectivity index (χ3v) is 2.95. The van der Waals surface area contributed by atoms with Crippen LogP contribution >= 0.6 is 0 Å². The van der Waals surface area contributed by atoms with Crippen LogP contribution in [0.25, 0.3) is 0 Å². The van der Waals surface area contributed by atoms with Gasteiger partial charge in [0.1, 0.15) is 0 Å². The van der Waals surface area contributed by atoms with E-state index < -0.39 is 0 Å². The number of anilines is 2. The van der Waals surface area contributed by atoms with Gasteiger partial charge in [-0.3, -0.25) is 4.98 Å². The molecule has 3 heteroatoms. The standard InChI is InChI=1S/C14H17N3/c1-10-12(8-16-11(2)14(10)15)9-17-13-6-4-3-5-7-13/h3-8,17H,9,15H2,1-2H3. The van der Waals surface area contributed by atoms with Crippen LogP contribution in [0.4, 0.5) is 11.4 Å². The van der Waals surface area contributed by atoms with Gasteiger partial charge in [-0.15, -0.1) is 0 Å². The van der Waals surface area contributed by atoms with Crippen LogP contribution < -0.4 is 11.1 Å². The van der Waals surface area contributed by atoms with Crippen molar-refractivity contribution >= 4 is 11.4 Å². The Morgan fingerprint density at radius 2 is 1.88 bits per heavy atom. The van der Waals surface area contributed by atoms with Crippen molar-refractivity contribution in [2.45, 2.75) is 20.4 Å². The van der Waals surface area contributed by atoms with E-state index in [1.165, 1.54) is 0 Å². The molecular formula is C14H17N3. The van der Waals surface area contributed by atoms with Crippen LogP contribution in [0.2, 0.25) is 0 Å². The molecule has 2 aromatic rings. The molecule has 0 aliphatic heterocycles. The number of rotatable bonds is 3. The van der Waals surface area contributed by atoms with Gasteiger partial charge in [-0.05, 0) is 37.1 Å². The average Bonchev–Trinajstić information content (AvgIpc) is 2.36. The zero-order chi connectivity index (χ0) is 12.3. The Labute approximate surface area is 102 Å². The number of nitrogen functional groups attached to an aromatic ring is 1. The molecule has 2 rings (SSSR count). The molecule has 17 heavy (non-hydrogen) atoms. The van der Waals surface area contributed by atoms with Crippen molar-refractivity contribution in [3.05, 3.63) is 53.3 Å². The molecule has 1 aromatic carbocycles. The number of nitrogens with two attached hydrogens (primary N) is 1. The fourth-order valence-corrected chi connectivity index (χ4v) is 1.72. The summed E-state index contributed by atoms with van der Waals surface area (Å²) in [4.78, 5) is 4.29. The first-order chi connectivity index (χ1) is 8.18. The number of aryl methyl sites for hydroxylation is 1. The lowest BCUT2D eigenvalue weighted by Gasteiger charge is -2.11. The van der Waals surface area contributed by atoms with Crippen molar-refractivity contribution in [3.63, 3.8) is 0 Å². The predicted octanol–water partition coefficient (Wildman–Crippen LogP) is 2.89. The minimum atomic E-state index is 0.743. The SMILES string of the molecule is Cc1ncc(CNc2ccccc2)c(C)c1N. The molecule has 3 N–H and O–H groups in total. The maximum atomic E-state index is 5.96. The Balaban J connectivity index is 2.13. The highest BCUT2D eigenvalue weighted by Crippen LogP contribution is 2.19. The van der Waals surface area contributed by atoms with Gasteiger partial charge < -0.3 is 11.1 Å². The summed E-state index contributed by atoms with van der Waals surface area (Å²) in [6.45, 7) is 4.70. The smallest absolute Gasteiger partial charge is 0.0604 e. The summed E-state index contributed by atoms with van der Waals surface area (Å²) < 4.78 is 0. The molecule has 1 heterocycles. The molecule has 0 atom stereocenters. The Hall–Kier alpha value is -2.03. The van der Waals surface area contributed by atoms with E-state index in [2.05, 4.69) is 10.3 Å². The van der Waals surface area contributed by atoms with E-state index in [1.54, 1.807) is 0 Å². The summed E-state index contributed by atoms with van der Waals surface area (Å²) in [5, 5.41) is 3.35. The largest absolute Gasteiger partial charge is 0.397 e. The maximum absolute atomic E-state index is 5.96. The minimum absolute atomic E-state index is 0.743. The van der Waals surface area contributed by atoms with E-state index in [4.69, 9.17) is 5.73 Å². The second-order valence-corrected chi connectivity index (χ2v) is 4.13. The van der Waals surface area contributed by atoms with E-state index in [0.717, 1.165) is 34.7 Å². The maximum Gasteiger partial charge on any atom is 0.0604 e. The molecule has 0 saturated carbocycles. The molecule has 3 nitrogen and oxygen atoms in total. The van der Waals surface area contributed by atoms with Gasteiger partial charge in [0, 0.05) is 18.4 Å². The Morgan fingerprint density at radius 3 is 2.59 bits per heavy atom. The molecule has 0 aliphatic rings. The number of nitrogens with one attached hydrogen (secondary N) is 1. The van der Waals surface area contributed by atoms with Crippen LogP contribution in [0.3, 0.4) is 0 Å². The minimum Gasteiger partial charge on any atom is -0.397 e. The molecule has 0 unspecified atom stereocenters. The van der Waals surface area contributed by atoms with E-state index in [0.29, 0.717) is 0 Å². The normalized spacial score (nSPS) is 10.2. The predicted molar refractivity (Wildman–Crippen MR) is 71.9 cm³/mol. The van der Waals surface area contributed by atoms with E-state index in [-0.39, 0.29) is 0 Å². The number of benzene rings is 1. The summed E-state index contributed by atoms with van der Waals surface area (Å²) in [5.74, 6) is 0. The van der Waals surface area contributed by atoms with Gasteiger partial charge in [0.15, 0.2) is 0 Å². The number of para-hydroxylation sites is 1. The van der Waals surface area contributed by atoms with Crippen molar-refractivity contribution in [1.82, 2.24) is 4.98 Å². The van der Waals surface area contributed by atoms with Gasteiger partial charge in [-0.25, -0.2) is 0 Å². The molecule has 0 bridgehead atoms. The lowest BCUT2D eigenvalue weighted by molar-refractivity contribution is 1.06. The second kappa shape index (κ2) is 4.87. The highest BCUT2D eigenvalue weighted by atomic mass is 14.9. The van der Waals surface area contributed by atoms with Crippen molar-refractivity contribution in [1.29, 1.82) is 0 Å². The molecule has 0 amide bonds. The number of hydrogen-bond acceptors (Lipinski definition) is 3. The number of nitrogens with zero attached hydrogens (tertiary/aromatic N) is 1. The highest BCUT2D eigenvalue weighted by Gasteiger charge is 2.05. The quantitative estimate of drug-likeness (QED) is 0.847. The molecule has 0 aliphatic carbocycles. The zero-order valence-corrected chi connectivity index (χ0v) is 10.2. The van der Waals surface area contributed by atoms with Gasteiger partial charge in [-0.1, -0.05) is 18.2 Å². The summed E-state index contributed by atoms with van der Waals surface area (Å²) >= 11 is 0. The van der Waals surface area contributed by atoms with Crippen LogP contribution in [0, 0.1) is 13.8 Å². The number of hydrogen-bond donors (Lipinski definition) is 2. The van der Waals surface area contributed by atoms with Crippen LogP contribution in [-0.2, 0) is 6.54 Å². The number of aromatic nitrogens is 1. The van der Waals surface area contributed by atoms with Crippen molar-refractivity contribution in [2.24, 2.45) is 0 Å². The average molecular weight is 227 g/mol. The second-order valence-electron chi connectivity index (χ2n) is 4.13.